The average molecular weight is 340 g/mol. The van der Waals surface area contributed by atoms with Gasteiger partial charge in [-0.2, -0.15) is 5.10 Å². The zero-order valence-electron chi connectivity index (χ0n) is 15.7. The molecule has 0 saturated carbocycles. The quantitative estimate of drug-likeness (QED) is 0.910. The second-order valence-electron chi connectivity index (χ2n) is 7.09. The van der Waals surface area contributed by atoms with Crippen LogP contribution >= 0.6 is 0 Å². The number of likely N-dealkylation sites (N-methyl/N-ethyl adjacent to an activating group) is 1. The van der Waals surface area contributed by atoms with Crippen LogP contribution in [0.15, 0.2) is 24.3 Å². The molecular formula is C20H28N4O. The van der Waals surface area contributed by atoms with Crippen molar-refractivity contribution in [2.75, 3.05) is 20.1 Å². The summed E-state index contributed by atoms with van der Waals surface area (Å²) in [6.45, 7) is 8.59. The Balaban J connectivity index is 1.59. The molecule has 0 spiro atoms. The highest BCUT2D eigenvalue weighted by molar-refractivity contribution is 5.81. The molecule has 1 aliphatic heterocycles. The standard InChI is InChI=1S/C20H28N4O/c1-14-19(15(2)22-21-14)10-11-23(4)20(25)16(3)24-12-9-17-7-5-6-8-18(17)13-24/h5-8,16H,9-13H2,1-4H3,(H,21,22)/t16-/m1/s1. The maximum atomic E-state index is 12.8. The van der Waals surface area contributed by atoms with Gasteiger partial charge in [0, 0.05) is 32.4 Å². The maximum absolute atomic E-state index is 12.8. The number of hydrogen-bond acceptors (Lipinski definition) is 3. The molecule has 5 nitrogen and oxygen atoms in total. The van der Waals surface area contributed by atoms with Crippen molar-refractivity contribution in [1.29, 1.82) is 0 Å². The first kappa shape index (κ1) is 17.7. The number of carbonyl (C=O) groups is 1. The summed E-state index contributed by atoms with van der Waals surface area (Å²) < 4.78 is 0. The normalized spacial score (nSPS) is 15.7. The van der Waals surface area contributed by atoms with Crippen molar-refractivity contribution in [3.8, 4) is 0 Å². The largest absolute Gasteiger partial charge is 0.344 e. The van der Waals surface area contributed by atoms with E-state index < -0.39 is 0 Å². The number of rotatable bonds is 5. The topological polar surface area (TPSA) is 52.2 Å². The molecule has 3 rings (SSSR count). The lowest BCUT2D eigenvalue weighted by Gasteiger charge is -2.34. The molecule has 1 aliphatic rings. The SMILES string of the molecule is Cc1n[nH]c(C)c1CCN(C)C(=O)[C@@H](C)N1CCc2ccccc2C1. The van der Waals surface area contributed by atoms with Crippen LogP contribution in [0.4, 0.5) is 0 Å². The minimum absolute atomic E-state index is 0.0927. The summed E-state index contributed by atoms with van der Waals surface area (Å²) in [7, 11) is 1.90. The Morgan fingerprint density at radius 1 is 1.32 bits per heavy atom. The van der Waals surface area contributed by atoms with Crippen LogP contribution in [-0.2, 0) is 24.2 Å². The fraction of sp³-hybridized carbons (Fsp3) is 0.500. The van der Waals surface area contributed by atoms with Gasteiger partial charge in [0.2, 0.25) is 5.91 Å². The number of aryl methyl sites for hydroxylation is 2. The van der Waals surface area contributed by atoms with Crippen molar-refractivity contribution in [2.45, 2.75) is 46.2 Å². The van der Waals surface area contributed by atoms with Gasteiger partial charge in [-0.3, -0.25) is 14.8 Å². The molecule has 1 N–H and O–H groups in total. The van der Waals surface area contributed by atoms with E-state index in [-0.39, 0.29) is 11.9 Å². The minimum atomic E-state index is -0.0927. The van der Waals surface area contributed by atoms with Crippen molar-refractivity contribution in [3.05, 3.63) is 52.3 Å². The van der Waals surface area contributed by atoms with Gasteiger partial charge in [-0.05, 0) is 50.3 Å². The molecule has 25 heavy (non-hydrogen) atoms. The minimum Gasteiger partial charge on any atom is -0.344 e. The average Bonchev–Trinajstić information content (AvgIpc) is 2.96. The Labute approximate surface area is 150 Å². The van der Waals surface area contributed by atoms with Crippen molar-refractivity contribution < 1.29 is 4.79 Å². The summed E-state index contributed by atoms with van der Waals surface area (Å²) in [4.78, 5) is 17.0. The zero-order valence-corrected chi connectivity index (χ0v) is 15.7. The predicted molar refractivity (Wildman–Crippen MR) is 99.4 cm³/mol. The van der Waals surface area contributed by atoms with E-state index in [4.69, 9.17) is 0 Å². The van der Waals surface area contributed by atoms with Gasteiger partial charge >= 0.3 is 0 Å². The number of hydrogen-bond donors (Lipinski definition) is 1. The number of carbonyl (C=O) groups excluding carboxylic acids is 1. The van der Waals surface area contributed by atoms with E-state index >= 15 is 0 Å². The molecular weight excluding hydrogens is 312 g/mol. The fourth-order valence-corrected chi connectivity index (χ4v) is 3.66. The summed E-state index contributed by atoms with van der Waals surface area (Å²) in [5, 5.41) is 7.24. The number of amides is 1. The number of fused-ring (bicyclic) bond motifs is 1. The lowest BCUT2D eigenvalue weighted by molar-refractivity contribution is -0.135. The molecule has 0 radical (unpaired) electrons. The van der Waals surface area contributed by atoms with Gasteiger partial charge in [0.25, 0.3) is 0 Å². The molecule has 134 valence electrons. The van der Waals surface area contributed by atoms with Gasteiger partial charge in [-0.25, -0.2) is 0 Å². The Bertz CT molecular complexity index is 732. The molecule has 1 amide bonds. The number of benzene rings is 1. The number of aromatic amines is 1. The van der Waals surface area contributed by atoms with E-state index in [9.17, 15) is 4.79 Å². The first-order chi connectivity index (χ1) is 12.0. The van der Waals surface area contributed by atoms with Crippen molar-refractivity contribution in [1.82, 2.24) is 20.0 Å². The highest BCUT2D eigenvalue weighted by atomic mass is 16.2. The molecule has 1 aromatic heterocycles. The Morgan fingerprint density at radius 2 is 2.04 bits per heavy atom. The van der Waals surface area contributed by atoms with Crippen LogP contribution in [0, 0.1) is 13.8 Å². The van der Waals surface area contributed by atoms with E-state index in [0.717, 1.165) is 43.9 Å². The van der Waals surface area contributed by atoms with E-state index in [1.807, 2.05) is 32.7 Å². The Morgan fingerprint density at radius 3 is 2.72 bits per heavy atom. The second kappa shape index (κ2) is 7.40. The number of aromatic nitrogens is 2. The van der Waals surface area contributed by atoms with Gasteiger partial charge in [0.1, 0.15) is 0 Å². The summed E-state index contributed by atoms with van der Waals surface area (Å²) in [6, 6.07) is 8.45. The van der Waals surface area contributed by atoms with Crippen LogP contribution in [-0.4, -0.2) is 52.1 Å². The van der Waals surface area contributed by atoms with Crippen LogP contribution in [0.2, 0.25) is 0 Å². The number of nitrogens with one attached hydrogen (secondary N) is 1. The highest BCUT2D eigenvalue weighted by Gasteiger charge is 2.27. The molecule has 0 saturated heterocycles. The van der Waals surface area contributed by atoms with Crippen LogP contribution in [0.5, 0.6) is 0 Å². The summed E-state index contributed by atoms with van der Waals surface area (Å²) >= 11 is 0. The highest BCUT2D eigenvalue weighted by Crippen LogP contribution is 2.21. The molecule has 1 aromatic carbocycles. The number of nitrogens with zero attached hydrogens (tertiary/aromatic N) is 3. The lowest BCUT2D eigenvalue weighted by Crippen LogP contribution is -2.48. The van der Waals surface area contributed by atoms with Crippen molar-refractivity contribution in [2.24, 2.45) is 0 Å². The lowest BCUT2D eigenvalue weighted by atomic mass is 9.98. The van der Waals surface area contributed by atoms with Crippen LogP contribution in [0.25, 0.3) is 0 Å². The van der Waals surface area contributed by atoms with Crippen LogP contribution < -0.4 is 0 Å². The molecule has 0 bridgehead atoms. The van der Waals surface area contributed by atoms with E-state index in [2.05, 4.69) is 39.4 Å². The predicted octanol–water partition coefficient (Wildman–Crippen LogP) is 2.47. The third kappa shape index (κ3) is 3.76. The third-order valence-electron chi connectivity index (χ3n) is 5.42. The van der Waals surface area contributed by atoms with E-state index in [1.165, 1.54) is 16.7 Å². The Kier molecular flexibility index (Phi) is 5.23. The van der Waals surface area contributed by atoms with Crippen LogP contribution in [0.3, 0.4) is 0 Å². The smallest absolute Gasteiger partial charge is 0.239 e. The van der Waals surface area contributed by atoms with E-state index in [0.29, 0.717) is 0 Å². The van der Waals surface area contributed by atoms with Gasteiger partial charge in [0.05, 0.1) is 11.7 Å². The zero-order chi connectivity index (χ0) is 18.0. The van der Waals surface area contributed by atoms with Gasteiger partial charge in [0.15, 0.2) is 0 Å². The van der Waals surface area contributed by atoms with Gasteiger partial charge < -0.3 is 4.90 Å². The van der Waals surface area contributed by atoms with Crippen LogP contribution in [0.1, 0.15) is 35.0 Å². The number of H-pyrrole nitrogens is 1. The summed E-state index contributed by atoms with van der Waals surface area (Å²) in [6.07, 6.45) is 1.86. The first-order valence-corrected chi connectivity index (χ1v) is 9.03. The second-order valence-corrected chi connectivity index (χ2v) is 7.09. The molecule has 5 heteroatoms. The summed E-state index contributed by atoms with van der Waals surface area (Å²) in [5.41, 5.74) is 6.11. The molecule has 0 fully saturated rings. The molecule has 1 atom stereocenters. The van der Waals surface area contributed by atoms with Crippen molar-refractivity contribution >= 4 is 5.91 Å². The summed E-state index contributed by atoms with van der Waals surface area (Å²) in [5.74, 6) is 0.193. The third-order valence-corrected chi connectivity index (χ3v) is 5.42. The van der Waals surface area contributed by atoms with Gasteiger partial charge in [-0.15, -0.1) is 0 Å². The molecule has 2 aromatic rings. The molecule has 2 heterocycles. The van der Waals surface area contributed by atoms with E-state index in [1.54, 1.807) is 0 Å². The molecule has 0 aliphatic carbocycles. The van der Waals surface area contributed by atoms with Crippen molar-refractivity contribution in [3.63, 3.8) is 0 Å². The first-order valence-electron chi connectivity index (χ1n) is 9.03. The fourth-order valence-electron chi connectivity index (χ4n) is 3.66. The maximum Gasteiger partial charge on any atom is 0.239 e. The molecule has 0 unspecified atom stereocenters. The monoisotopic (exact) mass is 340 g/mol. The Hall–Kier alpha value is -2.14. The van der Waals surface area contributed by atoms with Gasteiger partial charge in [-0.1, -0.05) is 24.3 Å².